The second kappa shape index (κ2) is 4.69. The molecule has 0 spiro atoms. The Hall–Kier alpha value is -3.03. The molecule has 94 valence electrons. The van der Waals surface area contributed by atoms with Gasteiger partial charge in [-0.3, -0.25) is 0 Å². The maximum absolute atomic E-state index is 5.48. The van der Waals surface area contributed by atoms with Gasteiger partial charge in [-0.05, 0) is 12.1 Å². The summed E-state index contributed by atoms with van der Waals surface area (Å²) in [4.78, 5) is 14.4. The number of benzene rings is 1. The van der Waals surface area contributed by atoms with Crippen molar-refractivity contribution < 1.29 is 0 Å². The minimum Gasteiger partial charge on any atom is -0.382 e. The number of para-hydroxylation sites is 2. The molecular weight excluding hydrogens is 244 g/mol. The van der Waals surface area contributed by atoms with Crippen molar-refractivity contribution in [2.45, 2.75) is 0 Å². The first-order valence-electron chi connectivity index (χ1n) is 5.49. The molecule has 3 aromatic heterocycles. The molecular formula is C11H10N8. The number of H-pyrrole nitrogens is 2. The molecule has 19 heavy (non-hydrogen) atoms. The average Bonchev–Trinajstić information content (AvgIpc) is 3.08. The molecule has 0 aliphatic heterocycles. The number of aromatic nitrogens is 7. The molecule has 4 aromatic rings. The van der Waals surface area contributed by atoms with Crippen LogP contribution in [0.4, 0.5) is 5.82 Å². The highest BCUT2D eigenvalue weighted by Crippen LogP contribution is 2.09. The summed E-state index contributed by atoms with van der Waals surface area (Å²) in [6.07, 6.45) is 2.92. The first-order chi connectivity index (χ1) is 9.34. The average molecular weight is 254 g/mol. The molecule has 0 amide bonds. The van der Waals surface area contributed by atoms with E-state index in [2.05, 4.69) is 35.3 Å². The van der Waals surface area contributed by atoms with Gasteiger partial charge in [0.1, 0.15) is 22.9 Å². The van der Waals surface area contributed by atoms with Crippen molar-refractivity contribution in [3.05, 3.63) is 36.9 Å². The number of nitrogens with zero attached hydrogens (tertiary/aromatic N) is 5. The van der Waals surface area contributed by atoms with Crippen LogP contribution in [-0.2, 0) is 0 Å². The quantitative estimate of drug-likeness (QED) is 0.428. The molecule has 0 bridgehead atoms. The number of nitrogen functional groups attached to an aromatic ring is 1. The van der Waals surface area contributed by atoms with E-state index in [0.29, 0.717) is 17.0 Å². The summed E-state index contributed by atoms with van der Waals surface area (Å²) in [5, 5.41) is 10.3. The monoisotopic (exact) mass is 254 g/mol. The van der Waals surface area contributed by atoms with Crippen molar-refractivity contribution in [3.63, 3.8) is 0 Å². The highest BCUT2D eigenvalue weighted by molar-refractivity contribution is 5.80. The third kappa shape index (κ3) is 2.18. The molecule has 1 aromatic carbocycles. The Bertz CT molecular complexity index is 772. The number of nitrogens with two attached hydrogens (primary N) is 1. The smallest absolute Gasteiger partial charge is 0.182 e. The summed E-state index contributed by atoms with van der Waals surface area (Å²) in [5.41, 5.74) is 8.61. The zero-order valence-electron chi connectivity index (χ0n) is 9.78. The fourth-order valence-electron chi connectivity index (χ4n) is 1.57. The summed E-state index contributed by atoms with van der Waals surface area (Å²) < 4.78 is 0. The van der Waals surface area contributed by atoms with Crippen molar-refractivity contribution >= 4 is 28.0 Å². The molecule has 0 aliphatic carbocycles. The Morgan fingerprint density at radius 1 is 0.947 bits per heavy atom. The summed E-state index contributed by atoms with van der Waals surface area (Å²) >= 11 is 0. The molecule has 3 heterocycles. The molecule has 8 heteroatoms. The molecule has 8 nitrogen and oxygen atoms in total. The van der Waals surface area contributed by atoms with Crippen molar-refractivity contribution in [1.82, 2.24) is 35.3 Å². The zero-order valence-corrected chi connectivity index (χ0v) is 9.78. The number of aromatic amines is 2. The normalized spacial score (nSPS) is 10.3. The van der Waals surface area contributed by atoms with E-state index >= 15 is 0 Å². The third-order valence-corrected chi connectivity index (χ3v) is 2.47. The number of hydrogen-bond acceptors (Lipinski definition) is 6. The van der Waals surface area contributed by atoms with Gasteiger partial charge in [-0.15, -0.1) is 0 Å². The molecule has 0 saturated carbocycles. The van der Waals surface area contributed by atoms with Gasteiger partial charge in [0.2, 0.25) is 0 Å². The SMILES string of the molecule is Nc1ncnc2nc[nH]c12.c1ccc2n[nH]nc2c1. The van der Waals surface area contributed by atoms with Crippen LogP contribution in [0.25, 0.3) is 22.2 Å². The van der Waals surface area contributed by atoms with Crippen molar-refractivity contribution in [2.24, 2.45) is 0 Å². The topological polar surface area (TPSA) is 122 Å². The fourth-order valence-corrected chi connectivity index (χ4v) is 1.57. The Morgan fingerprint density at radius 3 is 2.37 bits per heavy atom. The molecule has 0 aliphatic rings. The molecule has 0 unspecified atom stereocenters. The third-order valence-electron chi connectivity index (χ3n) is 2.47. The number of nitrogens with one attached hydrogen (secondary N) is 2. The van der Waals surface area contributed by atoms with Crippen LogP contribution in [0.3, 0.4) is 0 Å². The van der Waals surface area contributed by atoms with Gasteiger partial charge in [-0.1, -0.05) is 12.1 Å². The maximum atomic E-state index is 5.48. The molecule has 0 saturated heterocycles. The van der Waals surface area contributed by atoms with Crippen LogP contribution in [0, 0.1) is 0 Å². The molecule has 0 radical (unpaired) electrons. The van der Waals surface area contributed by atoms with Crippen LogP contribution in [0.1, 0.15) is 0 Å². The van der Waals surface area contributed by atoms with E-state index in [1.807, 2.05) is 24.3 Å². The van der Waals surface area contributed by atoms with Gasteiger partial charge in [-0.2, -0.15) is 15.4 Å². The lowest BCUT2D eigenvalue weighted by Crippen LogP contribution is -1.91. The van der Waals surface area contributed by atoms with Crippen molar-refractivity contribution in [3.8, 4) is 0 Å². The number of rotatable bonds is 0. The largest absolute Gasteiger partial charge is 0.382 e. The van der Waals surface area contributed by atoms with Gasteiger partial charge >= 0.3 is 0 Å². The van der Waals surface area contributed by atoms with Gasteiger partial charge in [-0.25, -0.2) is 15.0 Å². The summed E-state index contributed by atoms with van der Waals surface area (Å²) in [6, 6.07) is 7.70. The molecule has 0 fully saturated rings. The lowest BCUT2D eigenvalue weighted by atomic mass is 10.3. The molecule has 4 rings (SSSR count). The van der Waals surface area contributed by atoms with Crippen LogP contribution in [-0.4, -0.2) is 35.3 Å². The Morgan fingerprint density at radius 2 is 1.68 bits per heavy atom. The maximum Gasteiger partial charge on any atom is 0.182 e. The van der Waals surface area contributed by atoms with E-state index in [-0.39, 0.29) is 0 Å². The highest BCUT2D eigenvalue weighted by atomic mass is 15.3. The van der Waals surface area contributed by atoms with E-state index in [0.717, 1.165) is 11.0 Å². The number of fused-ring (bicyclic) bond motifs is 2. The van der Waals surface area contributed by atoms with Gasteiger partial charge in [0, 0.05) is 0 Å². The summed E-state index contributed by atoms with van der Waals surface area (Å²) in [6.45, 7) is 0. The Labute approximate surface area is 107 Å². The standard InChI is InChI=1S/C6H5N3.C5H5N5/c1-2-4-6-5(3-1)7-9-8-6;6-4-3-5(9-1-7-3)10-2-8-4/h1-4H,(H,7,8,9);1-2H,(H3,6,7,8,9,10). The fraction of sp³-hybridized carbons (Fsp3) is 0. The number of imidazole rings is 1. The van der Waals surface area contributed by atoms with Crippen LogP contribution in [0.2, 0.25) is 0 Å². The minimum absolute atomic E-state index is 0.433. The minimum atomic E-state index is 0.433. The lowest BCUT2D eigenvalue weighted by molar-refractivity contribution is 0.959. The highest BCUT2D eigenvalue weighted by Gasteiger charge is 1.99. The van der Waals surface area contributed by atoms with Crippen LogP contribution >= 0.6 is 0 Å². The zero-order chi connectivity index (χ0) is 13.1. The summed E-state index contributed by atoms with van der Waals surface area (Å²) in [5.74, 6) is 0.433. The predicted octanol–water partition coefficient (Wildman–Crippen LogP) is 0.893. The van der Waals surface area contributed by atoms with Crippen LogP contribution in [0.5, 0.6) is 0 Å². The second-order valence-electron chi connectivity index (χ2n) is 3.67. The van der Waals surface area contributed by atoms with Gasteiger partial charge in [0.05, 0.1) is 6.33 Å². The molecule has 4 N–H and O–H groups in total. The first kappa shape index (κ1) is 11.1. The van der Waals surface area contributed by atoms with Crippen LogP contribution < -0.4 is 5.73 Å². The van der Waals surface area contributed by atoms with E-state index in [1.54, 1.807) is 0 Å². The second-order valence-corrected chi connectivity index (χ2v) is 3.67. The Balaban J connectivity index is 0.000000117. The van der Waals surface area contributed by atoms with E-state index in [4.69, 9.17) is 5.73 Å². The Kier molecular flexibility index (Phi) is 2.73. The van der Waals surface area contributed by atoms with E-state index < -0.39 is 0 Å². The van der Waals surface area contributed by atoms with Gasteiger partial charge in [0.25, 0.3) is 0 Å². The first-order valence-corrected chi connectivity index (χ1v) is 5.49. The van der Waals surface area contributed by atoms with Crippen molar-refractivity contribution in [2.75, 3.05) is 5.73 Å². The predicted molar refractivity (Wildman–Crippen MR) is 70.0 cm³/mol. The van der Waals surface area contributed by atoms with Crippen LogP contribution in [0.15, 0.2) is 36.9 Å². The lowest BCUT2D eigenvalue weighted by Gasteiger charge is -1.89. The van der Waals surface area contributed by atoms with Crippen molar-refractivity contribution in [1.29, 1.82) is 0 Å². The van der Waals surface area contributed by atoms with E-state index in [1.165, 1.54) is 12.7 Å². The summed E-state index contributed by atoms with van der Waals surface area (Å²) in [7, 11) is 0. The molecule has 0 atom stereocenters. The van der Waals surface area contributed by atoms with Gasteiger partial charge < -0.3 is 10.7 Å². The number of hydrogen-bond donors (Lipinski definition) is 3. The van der Waals surface area contributed by atoms with E-state index in [9.17, 15) is 0 Å². The number of anilines is 1. The van der Waals surface area contributed by atoms with Gasteiger partial charge in [0.15, 0.2) is 11.5 Å².